The lowest BCUT2D eigenvalue weighted by atomic mass is 10.2. The van der Waals surface area contributed by atoms with Crippen LogP contribution in [0.4, 0.5) is 0 Å². The van der Waals surface area contributed by atoms with Crippen molar-refractivity contribution in [1.29, 1.82) is 0 Å². The Morgan fingerprint density at radius 2 is 2.11 bits per heavy atom. The van der Waals surface area contributed by atoms with Crippen molar-refractivity contribution in [2.45, 2.75) is 13.5 Å². The maximum absolute atomic E-state index is 5.62. The quantitative estimate of drug-likeness (QED) is 0.873. The highest BCUT2D eigenvalue weighted by molar-refractivity contribution is 5.44. The van der Waals surface area contributed by atoms with Crippen molar-refractivity contribution in [2.24, 2.45) is 5.73 Å². The lowest BCUT2D eigenvalue weighted by molar-refractivity contribution is 0.319. The second-order valence-electron chi connectivity index (χ2n) is 3.56. The third-order valence-electron chi connectivity index (χ3n) is 2.30. The summed E-state index contributed by atoms with van der Waals surface area (Å²) in [5, 5.41) is 0. The van der Waals surface area contributed by atoms with Gasteiger partial charge in [-0.3, -0.25) is 4.98 Å². The summed E-state index contributed by atoms with van der Waals surface area (Å²) in [6.45, 7) is 2.94. The summed E-state index contributed by atoms with van der Waals surface area (Å²) in [5.41, 5.74) is 6.59. The van der Waals surface area contributed by atoms with E-state index >= 15 is 0 Å². The van der Waals surface area contributed by atoms with E-state index in [4.69, 9.17) is 15.2 Å². The molecule has 1 aromatic carbocycles. The second-order valence-corrected chi connectivity index (χ2v) is 3.56. The van der Waals surface area contributed by atoms with Crippen LogP contribution in [0, 0.1) is 0 Å². The van der Waals surface area contributed by atoms with Gasteiger partial charge >= 0.3 is 0 Å². The molecule has 2 rings (SSSR count). The predicted molar refractivity (Wildman–Crippen MR) is 67.6 cm³/mol. The van der Waals surface area contributed by atoms with Gasteiger partial charge in [-0.25, -0.2) is 4.98 Å². The van der Waals surface area contributed by atoms with E-state index in [9.17, 15) is 0 Å². The minimum absolute atomic E-state index is 0.430. The summed E-state index contributed by atoms with van der Waals surface area (Å²) in [5.74, 6) is 1.69. The highest BCUT2D eigenvalue weighted by Crippen LogP contribution is 2.31. The Kier molecular flexibility index (Phi) is 4.09. The molecule has 18 heavy (non-hydrogen) atoms. The second kappa shape index (κ2) is 5.97. The number of aromatic nitrogens is 2. The molecule has 0 saturated heterocycles. The number of nitrogens with two attached hydrogens (primary N) is 1. The van der Waals surface area contributed by atoms with E-state index in [0.29, 0.717) is 30.5 Å². The monoisotopic (exact) mass is 245 g/mol. The number of benzene rings is 1. The van der Waals surface area contributed by atoms with E-state index in [1.54, 1.807) is 18.6 Å². The number of hydrogen-bond donors (Lipinski definition) is 1. The molecule has 0 aliphatic carbocycles. The summed E-state index contributed by atoms with van der Waals surface area (Å²) in [4.78, 5) is 7.99. The molecule has 2 N–H and O–H groups in total. The Morgan fingerprint density at radius 1 is 1.22 bits per heavy atom. The van der Waals surface area contributed by atoms with Crippen LogP contribution in [0.2, 0.25) is 0 Å². The molecule has 94 valence electrons. The van der Waals surface area contributed by atoms with Crippen LogP contribution in [-0.2, 0) is 6.54 Å². The summed E-state index contributed by atoms with van der Waals surface area (Å²) in [6, 6.07) is 5.59. The molecule has 0 amide bonds. The van der Waals surface area contributed by atoms with Gasteiger partial charge in [0.15, 0.2) is 11.5 Å². The lowest BCUT2D eigenvalue weighted by Crippen LogP contribution is -2.00. The van der Waals surface area contributed by atoms with Crippen LogP contribution in [-0.4, -0.2) is 16.6 Å². The van der Waals surface area contributed by atoms with Crippen molar-refractivity contribution < 1.29 is 9.47 Å². The molecule has 2 aromatic rings. The van der Waals surface area contributed by atoms with Crippen LogP contribution in [0.25, 0.3) is 0 Å². The van der Waals surface area contributed by atoms with Crippen LogP contribution in [0.15, 0.2) is 36.8 Å². The highest BCUT2D eigenvalue weighted by Gasteiger charge is 2.07. The van der Waals surface area contributed by atoms with E-state index in [1.165, 1.54) is 0 Å². The van der Waals surface area contributed by atoms with E-state index in [0.717, 1.165) is 5.56 Å². The number of ether oxygens (including phenoxy) is 2. The van der Waals surface area contributed by atoms with Gasteiger partial charge in [-0.1, -0.05) is 6.07 Å². The Labute approximate surface area is 106 Å². The first-order valence-corrected chi connectivity index (χ1v) is 5.73. The van der Waals surface area contributed by atoms with Gasteiger partial charge < -0.3 is 15.2 Å². The minimum atomic E-state index is 0.430. The van der Waals surface area contributed by atoms with Crippen molar-refractivity contribution >= 4 is 0 Å². The maximum atomic E-state index is 5.62. The average Bonchev–Trinajstić information content (AvgIpc) is 2.42. The van der Waals surface area contributed by atoms with Crippen molar-refractivity contribution in [2.75, 3.05) is 6.61 Å². The molecule has 0 bridgehead atoms. The first-order chi connectivity index (χ1) is 8.83. The van der Waals surface area contributed by atoms with Gasteiger partial charge in [-0.05, 0) is 24.6 Å². The normalized spacial score (nSPS) is 10.1. The highest BCUT2D eigenvalue weighted by atomic mass is 16.5. The number of nitrogens with zero attached hydrogens (tertiary/aromatic N) is 2. The zero-order valence-electron chi connectivity index (χ0n) is 10.2. The molecule has 0 spiro atoms. The van der Waals surface area contributed by atoms with Gasteiger partial charge in [0, 0.05) is 18.9 Å². The van der Waals surface area contributed by atoms with E-state index in [-0.39, 0.29) is 0 Å². The SMILES string of the molecule is CCOc1cc(CN)ccc1Oc1cnccn1. The van der Waals surface area contributed by atoms with E-state index in [2.05, 4.69) is 9.97 Å². The van der Waals surface area contributed by atoms with E-state index in [1.807, 2.05) is 25.1 Å². The predicted octanol–water partition coefficient (Wildman–Crippen LogP) is 2.13. The summed E-state index contributed by atoms with van der Waals surface area (Å²) in [6.07, 6.45) is 4.71. The van der Waals surface area contributed by atoms with Crippen molar-refractivity contribution in [1.82, 2.24) is 9.97 Å². The molecule has 0 atom stereocenters. The van der Waals surface area contributed by atoms with Crippen LogP contribution in [0.1, 0.15) is 12.5 Å². The largest absolute Gasteiger partial charge is 0.490 e. The standard InChI is InChI=1S/C13H15N3O2/c1-2-17-12-7-10(8-14)3-4-11(12)18-13-9-15-5-6-16-13/h3-7,9H,2,8,14H2,1H3. The van der Waals surface area contributed by atoms with Gasteiger partial charge in [0.25, 0.3) is 0 Å². The van der Waals surface area contributed by atoms with Gasteiger partial charge in [0.2, 0.25) is 5.88 Å². The fourth-order valence-corrected chi connectivity index (χ4v) is 1.48. The molecule has 5 heteroatoms. The molecule has 5 nitrogen and oxygen atoms in total. The van der Waals surface area contributed by atoms with Crippen LogP contribution in [0.3, 0.4) is 0 Å². The van der Waals surface area contributed by atoms with Gasteiger partial charge in [-0.2, -0.15) is 0 Å². The summed E-state index contributed by atoms with van der Waals surface area (Å²) >= 11 is 0. The fourth-order valence-electron chi connectivity index (χ4n) is 1.48. The number of rotatable bonds is 5. The summed E-state index contributed by atoms with van der Waals surface area (Å²) in [7, 11) is 0. The van der Waals surface area contributed by atoms with Gasteiger partial charge in [-0.15, -0.1) is 0 Å². The third-order valence-corrected chi connectivity index (χ3v) is 2.30. The first-order valence-electron chi connectivity index (χ1n) is 5.73. The van der Waals surface area contributed by atoms with Crippen molar-refractivity contribution in [3.05, 3.63) is 42.4 Å². The average molecular weight is 245 g/mol. The van der Waals surface area contributed by atoms with Gasteiger partial charge in [0.05, 0.1) is 12.8 Å². The maximum Gasteiger partial charge on any atom is 0.238 e. The number of hydrogen-bond acceptors (Lipinski definition) is 5. The van der Waals surface area contributed by atoms with E-state index < -0.39 is 0 Å². The lowest BCUT2D eigenvalue weighted by Gasteiger charge is -2.11. The van der Waals surface area contributed by atoms with Crippen LogP contribution >= 0.6 is 0 Å². The summed E-state index contributed by atoms with van der Waals surface area (Å²) < 4.78 is 11.1. The zero-order chi connectivity index (χ0) is 12.8. The molecule has 0 unspecified atom stereocenters. The molecular formula is C13H15N3O2. The minimum Gasteiger partial charge on any atom is -0.490 e. The smallest absolute Gasteiger partial charge is 0.238 e. The van der Waals surface area contributed by atoms with Crippen molar-refractivity contribution in [3.63, 3.8) is 0 Å². The molecule has 1 heterocycles. The molecular weight excluding hydrogens is 230 g/mol. The Hall–Kier alpha value is -2.14. The van der Waals surface area contributed by atoms with Crippen molar-refractivity contribution in [3.8, 4) is 17.4 Å². The van der Waals surface area contributed by atoms with Gasteiger partial charge in [0.1, 0.15) is 0 Å². The van der Waals surface area contributed by atoms with Crippen LogP contribution < -0.4 is 15.2 Å². The zero-order valence-corrected chi connectivity index (χ0v) is 10.2. The molecule has 0 radical (unpaired) electrons. The Morgan fingerprint density at radius 3 is 2.78 bits per heavy atom. The fraction of sp³-hybridized carbons (Fsp3) is 0.231. The molecule has 1 aromatic heterocycles. The Balaban J connectivity index is 2.26. The molecule has 0 aliphatic rings. The molecule has 0 fully saturated rings. The third kappa shape index (κ3) is 2.95. The molecule has 0 aliphatic heterocycles. The Bertz CT molecular complexity index is 503. The van der Waals surface area contributed by atoms with Crippen LogP contribution in [0.5, 0.6) is 17.4 Å². The molecule has 0 saturated carbocycles. The first kappa shape index (κ1) is 12.3. The topological polar surface area (TPSA) is 70.3 Å².